The fraction of sp³-hybridized carbons (Fsp3) is 0.485. The second-order valence-corrected chi connectivity index (χ2v) is 17.3. The van der Waals surface area contributed by atoms with Crippen LogP contribution >= 0.6 is 0 Å². The maximum Gasteiger partial charge on any atom is 0.365 e. The Labute approximate surface area is 272 Å². The lowest BCUT2D eigenvalue weighted by Gasteiger charge is -2.48. The highest BCUT2D eigenvalue weighted by Gasteiger charge is 2.66. The molecule has 4 rings (SSSR count). The SMILES string of the molecule is CC[N+](C(=O)c1ccc2ccccc2n1)(C(C)C)[C@H](C(=O)NS(=O)(=O)C1(N)OC1CCCCc1ccccc1)C(C)(C)S(C)(=O)=O. The summed E-state index contributed by atoms with van der Waals surface area (Å²) in [6.07, 6.45) is 2.70. The average Bonchev–Trinajstić information content (AvgIpc) is 3.68. The summed E-state index contributed by atoms with van der Waals surface area (Å²) in [5.41, 5.74) is 7.91. The number of nitrogens with two attached hydrogens (primary N) is 1. The number of hydrogen-bond donors (Lipinski definition) is 2. The fourth-order valence-electron chi connectivity index (χ4n) is 6.28. The maximum atomic E-state index is 14.5. The largest absolute Gasteiger partial charge is 0.365 e. The van der Waals surface area contributed by atoms with Crippen LogP contribution < -0.4 is 10.5 Å². The molecule has 0 saturated carbocycles. The first-order chi connectivity index (χ1) is 21.4. The second kappa shape index (κ2) is 13.1. The fourth-order valence-corrected chi connectivity index (χ4v) is 8.22. The van der Waals surface area contributed by atoms with Gasteiger partial charge in [-0.1, -0.05) is 61.0 Å². The Kier molecular flexibility index (Phi) is 10.2. The molecular formula is C33H45N4O7S2+. The Morgan fingerprint density at radius 1 is 1.00 bits per heavy atom. The third kappa shape index (κ3) is 6.61. The van der Waals surface area contributed by atoms with E-state index < -0.39 is 64.1 Å². The molecule has 1 aliphatic heterocycles. The van der Waals surface area contributed by atoms with E-state index in [0.29, 0.717) is 18.4 Å². The summed E-state index contributed by atoms with van der Waals surface area (Å²) in [6.45, 7) is 7.66. The molecular weight excluding hydrogens is 629 g/mol. The van der Waals surface area contributed by atoms with E-state index in [1.54, 1.807) is 39.0 Å². The molecule has 2 amide bonds. The van der Waals surface area contributed by atoms with Crippen molar-refractivity contribution in [3.8, 4) is 0 Å². The Balaban J connectivity index is 1.65. The predicted octanol–water partition coefficient (Wildman–Crippen LogP) is 3.68. The van der Waals surface area contributed by atoms with Crippen LogP contribution in [0.15, 0.2) is 66.7 Å². The van der Waals surface area contributed by atoms with E-state index >= 15 is 0 Å². The lowest BCUT2D eigenvalue weighted by Crippen LogP contribution is -2.74. The van der Waals surface area contributed by atoms with Crippen LogP contribution in [0.25, 0.3) is 10.9 Å². The molecule has 0 radical (unpaired) electrons. The smallest absolute Gasteiger partial charge is 0.334 e. The zero-order chi connectivity index (χ0) is 34.1. The van der Waals surface area contributed by atoms with Crippen molar-refractivity contribution in [1.29, 1.82) is 0 Å². The molecule has 2 heterocycles. The summed E-state index contributed by atoms with van der Waals surface area (Å²) < 4.78 is 58.6. The quantitative estimate of drug-likeness (QED) is 0.147. The van der Waals surface area contributed by atoms with Gasteiger partial charge in [-0.05, 0) is 71.6 Å². The highest BCUT2D eigenvalue weighted by atomic mass is 32.2. The van der Waals surface area contributed by atoms with E-state index in [1.165, 1.54) is 19.9 Å². The number of pyridine rings is 1. The van der Waals surface area contributed by atoms with Crippen molar-refractivity contribution in [3.63, 3.8) is 0 Å². The van der Waals surface area contributed by atoms with E-state index in [-0.39, 0.29) is 12.2 Å². The summed E-state index contributed by atoms with van der Waals surface area (Å²) in [4.78, 5) is 33.3. The molecule has 3 unspecified atom stereocenters. The molecule has 46 heavy (non-hydrogen) atoms. The third-order valence-corrected chi connectivity index (χ3v) is 13.2. The lowest BCUT2D eigenvalue weighted by molar-refractivity contribution is -0.886. The standard InChI is InChI=1S/C33H44N4O7S2/c1-7-37(23(2)3,31(39)27-22-21-25-18-12-13-19-26(25)35-27)29(32(4,5)45(6,40)41)30(38)36-46(42,43)33(34)28(44-33)20-14-11-17-24-15-9-8-10-16-24/h8-10,12-13,15-16,18-19,21-23,28-29H,7,11,14,17,20,34H2,1-6H3/p+1/t28?,29-,33?,37?/m1/s1. The van der Waals surface area contributed by atoms with Gasteiger partial charge in [0.15, 0.2) is 21.6 Å². The molecule has 11 nitrogen and oxygen atoms in total. The molecule has 4 atom stereocenters. The number of likely N-dealkylation sites (N-methyl/N-ethyl adjacent to an activating group) is 1. The van der Waals surface area contributed by atoms with Gasteiger partial charge in [-0.15, -0.1) is 0 Å². The Bertz CT molecular complexity index is 1810. The molecule has 1 aromatic heterocycles. The first kappa shape index (κ1) is 35.6. The molecule has 1 fully saturated rings. The molecule has 1 saturated heterocycles. The normalized spacial score (nSPS) is 20.7. The van der Waals surface area contributed by atoms with Crippen LogP contribution in [0.3, 0.4) is 0 Å². The molecule has 0 aliphatic carbocycles. The number of para-hydroxylation sites is 1. The second-order valence-electron chi connectivity index (χ2n) is 12.8. The summed E-state index contributed by atoms with van der Waals surface area (Å²) in [6, 6.07) is 18.0. The van der Waals surface area contributed by atoms with Gasteiger partial charge in [0, 0.05) is 11.6 Å². The van der Waals surface area contributed by atoms with Gasteiger partial charge >= 0.3 is 5.91 Å². The Morgan fingerprint density at radius 2 is 1.63 bits per heavy atom. The number of hydrogen-bond acceptors (Lipinski definition) is 9. The van der Waals surface area contributed by atoms with Gasteiger partial charge in [0.05, 0.1) is 18.1 Å². The third-order valence-electron chi connectivity index (χ3n) is 9.36. The number of fused-ring (bicyclic) bond motifs is 1. The van der Waals surface area contributed by atoms with Crippen LogP contribution in [-0.2, 0) is 35.8 Å². The molecule has 13 heteroatoms. The molecule has 1 aliphatic rings. The first-order valence-electron chi connectivity index (χ1n) is 15.5. The summed E-state index contributed by atoms with van der Waals surface area (Å²) in [7, 11) is -8.72. The van der Waals surface area contributed by atoms with Crippen LogP contribution in [0, 0.1) is 0 Å². The number of rotatable bonds is 14. The molecule has 3 N–H and O–H groups in total. The summed E-state index contributed by atoms with van der Waals surface area (Å²) >= 11 is 0. The topological polar surface area (TPSA) is 166 Å². The van der Waals surface area contributed by atoms with Gasteiger partial charge in [0.25, 0.3) is 21.0 Å². The van der Waals surface area contributed by atoms with Crippen LogP contribution in [-0.4, -0.2) is 78.9 Å². The highest BCUT2D eigenvalue weighted by Crippen LogP contribution is 2.40. The number of aromatic nitrogens is 1. The number of sulfonamides is 1. The number of epoxide rings is 1. The maximum absolute atomic E-state index is 14.5. The Hall–Kier alpha value is -3.23. The van der Waals surface area contributed by atoms with Gasteiger partial charge in [-0.3, -0.25) is 10.5 Å². The number of nitrogens with zero attached hydrogens (tertiary/aromatic N) is 2. The van der Waals surface area contributed by atoms with Crippen molar-refractivity contribution in [2.45, 2.75) is 88.3 Å². The van der Waals surface area contributed by atoms with Crippen molar-refractivity contribution in [3.05, 3.63) is 78.0 Å². The first-order valence-corrected chi connectivity index (χ1v) is 18.8. The number of aryl methyl sites for hydroxylation is 1. The molecule has 3 aromatic rings. The number of ether oxygens (including phenoxy) is 1. The number of carbonyl (C=O) groups is 2. The van der Waals surface area contributed by atoms with E-state index in [1.807, 2.05) is 47.2 Å². The minimum atomic E-state index is -4.66. The van der Waals surface area contributed by atoms with Crippen molar-refractivity contribution in [2.75, 3.05) is 12.8 Å². The van der Waals surface area contributed by atoms with Gasteiger partial charge in [0.2, 0.25) is 0 Å². The number of amides is 2. The number of unbranched alkanes of at least 4 members (excludes halogenated alkanes) is 1. The average molecular weight is 674 g/mol. The van der Waals surface area contributed by atoms with Crippen molar-refractivity contribution in [1.82, 2.24) is 9.71 Å². The summed E-state index contributed by atoms with van der Waals surface area (Å²) in [5, 5.41) is -1.37. The minimum Gasteiger partial charge on any atom is -0.334 e. The van der Waals surface area contributed by atoms with Crippen molar-refractivity contribution >= 4 is 42.6 Å². The van der Waals surface area contributed by atoms with E-state index in [9.17, 15) is 26.4 Å². The molecule has 250 valence electrons. The van der Waals surface area contributed by atoms with Gasteiger partial charge in [-0.25, -0.2) is 35.8 Å². The number of nitrogens with one attached hydrogen (secondary N) is 1. The van der Waals surface area contributed by atoms with Gasteiger partial charge in [0.1, 0.15) is 10.9 Å². The lowest BCUT2D eigenvalue weighted by atomic mass is 9.94. The zero-order valence-corrected chi connectivity index (χ0v) is 28.9. The number of sulfone groups is 1. The van der Waals surface area contributed by atoms with Crippen molar-refractivity contribution < 1.29 is 35.6 Å². The summed E-state index contributed by atoms with van der Waals surface area (Å²) in [5.74, 6) is -1.78. The molecule has 0 spiro atoms. The van der Waals surface area contributed by atoms with Crippen LogP contribution in [0.4, 0.5) is 0 Å². The Morgan fingerprint density at radius 3 is 2.24 bits per heavy atom. The van der Waals surface area contributed by atoms with E-state index in [4.69, 9.17) is 10.5 Å². The zero-order valence-electron chi connectivity index (χ0n) is 27.3. The van der Waals surface area contributed by atoms with Crippen molar-refractivity contribution in [2.24, 2.45) is 5.73 Å². The molecule has 0 bridgehead atoms. The minimum absolute atomic E-state index is 0.0237. The highest BCUT2D eigenvalue weighted by molar-refractivity contribution is 7.92. The monoisotopic (exact) mass is 673 g/mol. The predicted molar refractivity (Wildman–Crippen MR) is 178 cm³/mol. The van der Waals surface area contributed by atoms with Crippen LogP contribution in [0.2, 0.25) is 0 Å². The van der Waals surface area contributed by atoms with Gasteiger partial charge < -0.3 is 4.74 Å². The van der Waals surface area contributed by atoms with E-state index in [2.05, 4.69) is 4.98 Å². The number of quaternary nitrogens is 1. The van der Waals surface area contributed by atoms with Crippen LogP contribution in [0.5, 0.6) is 0 Å². The van der Waals surface area contributed by atoms with Gasteiger partial charge in [-0.2, -0.15) is 0 Å². The van der Waals surface area contributed by atoms with E-state index in [0.717, 1.165) is 30.0 Å². The molecule has 2 aromatic carbocycles. The number of benzene rings is 2. The number of carbonyl (C=O) groups excluding carboxylic acids is 2. The van der Waals surface area contributed by atoms with Crippen LogP contribution in [0.1, 0.15) is 69.9 Å².